The fraction of sp³-hybridized carbons (Fsp3) is 0.167. The van der Waals surface area contributed by atoms with Crippen LogP contribution in [0.15, 0.2) is 77.7 Å². The van der Waals surface area contributed by atoms with E-state index < -0.39 is 15.9 Å². The van der Waals surface area contributed by atoms with E-state index in [1.165, 1.54) is 4.31 Å². The molecule has 2 amide bonds. The largest absolute Gasteiger partial charge is 0.444 e. The highest BCUT2D eigenvalue weighted by Crippen LogP contribution is 2.31. The minimum absolute atomic E-state index is 0.106. The number of hydrogen-bond donors (Lipinski definition) is 2. The van der Waals surface area contributed by atoms with Crippen molar-refractivity contribution >= 4 is 33.4 Å². The van der Waals surface area contributed by atoms with Gasteiger partial charge in [0.25, 0.3) is 0 Å². The molecule has 170 valence electrons. The van der Waals surface area contributed by atoms with E-state index >= 15 is 0 Å². The van der Waals surface area contributed by atoms with E-state index in [1.807, 2.05) is 30.3 Å². The Bertz CT molecular complexity index is 1260. The second kappa shape index (κ2) is 9.43. The Hall–Kier alpha value is -3.69. The summed E-state index contributed by atoms with van der Waals surface area (Å²) in [4.78, 5) is 23.6. The number of nitrogens with zero attached hydrogens (tertiary/aromatic N) is 1. The standard InChI is InChI=1S/C24H23N3O5S/c1-2-22(28)26-24-13-19-14-27(15-21(19)32-24)33(30,31)16-18-8-10-20(11-9-18)25-23(29)12-17-6-4-3-5-7-17/h2-11,13H,1,12,14-16H2,(H,25,29)(H,26,28). The molecule has 0 aliphatic carbocycles. The molecule has 1 aliphatic heterocycles. The molecule has 9 heteroatoms. The summed E-state index contributed by atoms with van der Waals surface area (Å²) >= 11 is 0. The summed E-state index contributed by atoms with van der Waals surface area (Å²) in [5.74, 6) is 0.0686. The van der Waals surface area contributed by atoms with Gasteiger partial charge in [-0.25, -0.2) is 8.42 Å². The van der Waals surface area contributed by atoms with Gasteiger partial charge in [0, 0.05) is 23.9 Å². The molecule has 2 heterocycles. The van der Waals surface area contributed by atoms with Gasteiger partial charge in [-0.2, -0.15) is 4.31 Å². The van der Waals surface area contributed by atoms with Gasteiger partial charge in [0.15, 0.2) is 5.88 Å². The van der Waals surface area contributed by atoms with Crippen molar-refractivity contribution < 1.29 is 22.4 Å². The molecule has 0 saturated heterocycles. The van der Waals surface area contributed by atoms with Crippen LogP contribution < -0.4 is 10.6 Å². The molecule has 0 unspecified atom stereocenters. The average Bonchev–Trinajstić information content (AvgIpc) is 3.35. The van der Waals surface area contributed by atoms with Gasteiger partial charge in [-0.05, 0) is 29.3 Å². The number of amides is 2. The molecule has 1 aliphatic rings. The molecule has 2 N–H and O–H groups in total. The zero-order valence-corrected chi connectivity index (χ0v) is 18.6. The van der Waals surface area contributed by atoms with Gasteiger partial charge >= 0.3 is 0 Å². The second-order valence-electron chi connectivity index (χ2n) is 7.68. The first-order valence-corrected chi connectivity index (χ1v) is 11.9. The summed E-state index contributed by atoms with van der Waals surface area (Å²) in [6.07, 6.45) is 1.39. The van der Waals surface area contributed by atoms with Crippen LogP contribution in [0.3, 0.4) is 0 Å². The molecule has 0 saturated carbocycles. The zero-order valence-electron chi connectivity index (χ0n) is 17.8. The predicted molar refractivity (Wildman–Crippen MR) is 125 cm³/mol. The summed E-state index contributed by atoms with van der Waals surface area (Å²) in [6, 6.07) is 17.8. The third kappa shape index (κ3) is 5.57. The van der Waals surface area contributed by atoms with Crippen LogP contribution in [-0.2, 0) is 44.9 Å². The van der Waals surface area contributed by atoms with Gasteiger partial charge in [-0.1, -0.05) is 49.0 Å². The maximum atomic E-state index is 12.9. The third-order valence-electron chi connectivity index (χ3n) is 5.18. The molecule has 0 fully saturated rings. The zero-order chi connectivity index (χ0) is 23.4. The molecule has 0 bridgehead atoms. The first kappa shape index (κ1) is 22.5. The number of carbonyl (C=O) groups is 2. The van der Waals surface area contributed by atoms with Crippen LogP contribution in [-0.4, -0.2) is 24.5 Å². The van der Waals surface area contributed by atoms with E-state index in [4.69, 9.17) is 4.42 Å². The molecule has 0 spiro atoms. The SMILES string of the molecule is C=CC(=O)Nc1cc2c(o1)CN(S(=O)(=O)Cc1ccc(NC(=O)Cc3ccccc3)cc1)C2. The topological polar surface area (TPSA) is 109 Å². The van der Waals surface area contributed by atoms with E-state index in [9.17, 15) is 18.0 Å². The van der Waals surface area contributed by atoms with E-state index in [2.05, 4.69) is 17.2 Å². The van der Waals surface area contributed by atoms with Gasteiger partial charge in [0.05, 0.1) is 18.7 Å². The molecule has 3 aromatic rings. The van der Waals surface area contributed by atoms with Gasteiger partial charge in [-0.15, -0.1) is 0 Å². The van der Waals surface area contributed by atoms with Crippen molar-refractivity contribution in [2.45, 2.75) is 25.3 Å². The summed E-state index contributed by atoms with van der Waals surface area (Å²) in [6.45, 7) is 3.66. The number of carbonyl (C=O) groups excluding carboxylic acids is 2. The van der Waals surface area contributed by atoms with Crippen molar-refractivity contribution in [2.24, 2.45) is 0 Å². The Kier molecular flexibility index (Phi) is 6.43. The molecule has 0 radical (unpaired) electrons. The maximum Gasteiger partial charge on any atom is 0.250 e. The number of benzene rings is 2. The van der Waals surface area contributed by atoms with E-state index in [0.717, 1.165) is 17.2 Å². The van der Waals surface area contributed by atoms with Crippen molar-refractivity contribution in [3.63, 3.8) is 0 Å². The lowest BCUT2D eigenvalue weighted by Gasteiger charge is -2.16. The lowest BCUT2D eigenvalue weighted by molar-refractivity contribution is -0.115. The number of anilines is 2. The lowest BCUT2D eigenvalue weighted by atomic mass is 10.1. The smallest absolute Gasteiger partial charge is 0.250 e. The predicted octanol–water partition coefficient (Wildman–Crippen LogP) is 3.43. The highest BCUT2D eigenvalue weighted by atomic mass is 32.2. The Morgan fingerprint density at radius 2 is 1.73 bits per heavy atom. The van der Waals surface area contributed by atoms with Gasteiger partial charge in [-0.3, -0.25) is 14.9 Å². The van der Waals surface area contributed by atoms with Crippen LogP contribution >= 0.6 is 0 Å². The van der Waals surface area contributed by atoms with Crippen LogP contribution in [0.5, 0.6) is 0 Å². The molecule has 1 aromatic heterocycles. The number of nitrogens with one attached hydrogen (secondary N) is 2. The van der Waals surface area contributed by atoms with Crippen LogP contribution in [0, 0.1) is 0 Å². The second-order valence-corrected chi connectivity index (χ2v) is 9.65. The molecule has 8 nitrogen and oxygen atoms in total. The molecular weight excluding hydrogens is 442 g/mol. The highest BCUT2D eigenvalue weighted by molar-refractivity contribution is 7.88. The average molecular weight is 466 g/mol. The Morgan fingerprint density at radius 1 is 1.00 bits per heavy atom. The van der Waals surface area contributed by atoms with E-state index in [-0.39, 0.29) is 37.1 Å². The Balaban J connectivity index is 1.33. The van der Waals surface area contributed by atoms with E-state index in [1.54, 1.807) is 30.3 Å². The molecule has 33 heavy (non-hydrogen) atoms. The number of rotatable bonds is 8. The fourth-order valence-corrected chi connectivity index (χ4v) is 4.99. The van der Waals surface area contributed by atoms with Gasteiger partial charge < -0.3 is 9.73 Å². The summed E-state index contributed by atoms with van der Waals surface area (Å²) in [5, 5.41) is 5.34. The Labute approximate surface area is 192 Å². The molecule has 0 atom stereocenters. The molecular formula is C24H23N3O5S. The first-order valence-electron chi connectivity index (χ1n) is 10.3. The molecule has 4 rings (SSSR count). The minimum atomic E-state index is -3.59. The first-order chi connectivity index (χ1) is 15.8. The Morgan fingerprint density at radius 3 is 2.39 bits per heavy atom. The number of fused-ring (bicyclic) bond motifs is 1. The monoisotopic (exact) mass is 465 g/mol. The van der Waals surface area contributed by atoms with Crippen molar-refractivity contribution in [1.82, 2.24) is 4.31 Å². The summed E-state index contributed by atoms with van der Waals surface area (Å²) in [5.41, 5.74) is 2.84. The number of furan rings is 1. The third-order valence-corrected chi connectivity index (χ3v) is 6.93. The minimum Gasteiger partial charge on any atom is -0.444 e. The maximum absolute atomic E-state index is 12.9. The number of sulfonamides is 1. The van der Waals surface area contributed by atoms with Crippen LogP contribution in [0.1, 0.15) is 22.5 Å². The summed E-state index contributed by atoms with van der Waals surface area (Å²) < 4.78 is 32.6. The van der Waals surface area contributed by atoms with Gasteiger partial charge in [0.1, 0.15) is 5.76 Å². The number of hydrogen-bond acceptors (Lipinski definition) is 5. The highest BCUT2D eigenvalue weighted by Gasteiger charge is 2.32. The normalized spacial score (nSPS) is 13.3. The quantitative estimate of drug-likeness (QED) is 0.496. The fourth-order valence-electron chi connectivity index (χ4n) is 3.54. The van der Waals surface area contributed by atoms with Crippen LogP contribution in [0.2, 0.25) is 0 Å². The van der Waals surface area contributed by atoms with Crippen molar-refractivity contribution in [2.75, 3.05) is 10.6 Å². The van der Waals surface area contributed by atoms with Gasteiger partial charge in [0.2, 0.25) is 21.8 Å². The van der Waals surface area contributed by atoms with Crippen molar-refractivity contribution in [3.8, 4) is 0 Å². The molecule has 2 aromatic carbocycles. The van der Waals surface area contributed by atoms with Crippen molar-refractivity contribution in [1.29, 1.82) is 0 Å². The lowest BCUT2D eigenvalue weighted by Crippen LogP contribution is -2.27. The van der Waals surface area contributed by atoms with Crippen molar-refractivity contribution in [3.05, 3.63) is 95.8 Å². The van der Waals surface area contributed by atoms with Crippen LogP contribution in [0.4, 0.5) is 11.6 Å². The van der Waals surface area contributed by atoms with E-state index in [0.29, 0.717) is 17.0 Å². The van der Waals surface area contributed by atoms with Crippen LogP contribution in [0.25, 0.3) is 0 Å². The summed E-state index contributed by atoms with van der Waals surface area (Å²) in [7, 11) is -3.59.